The number of hydrogen-bond acceptors (Lipinski definition) is 10. The molecule has 4 rings (SSSR count). The lowest BCUT2D eigenvalue weighted by molar-refractivity contribution is -0.144. The molecule has 3 aromatic rings. The molecule has 1 aliphatic rings. The molecule has 0 bridgehead atoms. The van der Waals surface area contributed by atoms with Gasteiger partial charge in [0.15, 0.2) is 0 Å². The lowest BCUT2D eigenvalue weighted by Gasteiger charge is -2.11. The van der Waals surface area contributed by atoms with Gasteiger partial charge in [-0.3, -0.25) is 4.79 Å². The van der Waals surface area contributed by atoms with Crippen LogP contribution in [0, 0.1) is 0 Å². The van der Waals surface area contributed by atoms with Crippen LogP contribution in [0.2, 0.25) is 0 Å². The van der Waals surface area contributed by atoms with Gasteiger partial charge in [-0.2, -0.15) is 0 Å². The zero-order chi connectivity index (χ0) is 33.1. The first kappa shape index (κ1) is 33.5. The molecule has 0 fully saturated rings. The fourth-order valence-corrected chi connectivity index (χ4v) is 4.81. The minimum absolute atomic E-state index is 0.00578. The van der Waals surface area contributed by atoms with Crippen molar-refractivity contribution in [2.45, 2.75) is 32.1 Å². The standard InChI is InChI=1S/C36H36O10/c1-5-33(37)44-17-7-6-16-42-26-9-11-27(12-10-26)46-36(40)25-8-14-29-30-15-13-28(22-32(30)24(3)31(29)21-25)43-18-19-45-35(39)23(2)20-34(38)41-4/h5,8-15,21-22,24H,1-2,6-7,16-20H2,3-4H3. The summed E-state index contributed by atoms with van der Waals surface area (Å²) in [5, 5.41) is 0. The summed E-state index contributed by atoms with van der Waals surface area (Å²) in [5.74, 6) is -0.505. The van der Waals surface area contributed by atoms with E-state index in [9.17, 15) is 19.2 Å². The first-order chi connectivity index (χ1) is 22.2. The third-order valence-corrected chi connectivity index (χ3v) is 7.25. The number of carbonyl (C=O) groups excluding carboxylic acids is 4. The van der Waals surface area contributed by atoms with E-state index in [1.807, 2.05) is 30.3 Å². The molecular weight excluding hydrogens is 592 g/mol. The number of carbonyl (C=O) groups is 4. The molecule has 10 nitrogen and oxygen atoms in total. The van der Waals surface area contributed by atoms with Crippen LogP contribution in [0.4, 0.5) is 0 Å². The average molecular weight is 629 g/mol. The zero-order valence-electron chi connectivity index (χ0n) is 25.9. The predicted molar refractivity (Wildman–Crippen MR) is 169 cm³/mol. The Balaban J connectivity index is 1.26. The van der Waals surface area contributed by atoms with Crippen LogP contribution in [0.5, 0.6) is 17.2 Å². The van der Waals surface area contributed by atoms with Crippen molar-refractivity contribution >= 4 is 23.9 Å². The SMILES string of the molecule is C=CC(=O)OCCCCOc1ccc(OC(=O)c2ccc3c(c2)C(C)c2cc(OCCOC(=O)C(=C)CC(=O)OC)ccc2-3)cc1. The van der Waals surface area contributed by atoms with E-state index < -0.39 is 23.9 Å². The molecular formula is C36H36O10. The Kier molecular flexibility index (Phi) is 11.7. The summed E-state index contributed by atoms with van der Waals surface area (Å²) >= 11 is 0. The van der Waals surface area contributed by atoms with Gasteiger partial charge in [0.2, 0.25) is 0 Å². The Morgan fingerprint density at radius 3 is 2.11 bits per heavy atom. The van der Waals surface area contributed by atoms with E-state index in [1.165, 1.54) is 7.11 Å². The largest absolute Gasteiger partial charge is 0.494 e. The summed E-state index contributed by atoms with van der Waals surface area (Å²) in [6.07, 6.45) is 2.28. The van der Waals surface area contributed by atoms with Crippen molar-refractivity contribution in [3.63, 3.8) is 0 Å². The van der Waals surface area contributed by atoms with E-state index in [4.69, 9.17) is 23.7 Å². The van der Waals surface area contributed by atoms with Gasteiger partial charge in [0, 0.05) is 17.6 Å². The van der Waals surface area contributed by atoms with Crippen molar-refractivity contribution in [2.75, 3.05) is 33.5 Å². The maximum atomic E-state index is 13.0. The van der Waals surface area contributed by atoms with Crippen molar-refractivity contribution in [1.29, 1.82) is 0 Å². The lowest BCUT2D eigenvalue weighted by atomic mass is 9.98. The number of methoxy groups -OCH3 is 1. The van der Waals surface area contributed by atoms with Gasteiger partial charge in [-0.1, -0.05) is 32.2 Å². The maximum Gasteiger partial charge on any atom is 0.343 e. The Bertz CT molecular complexity index is 1610. The minimum atomic E-state index is -0.679. The molecule has 10 heteroatoms. The van der Waals surface area contributed by atoms with E-state index >= 15 is 0 Å². The van der Waals surface area contributed by atoms with Crippen LogP contribution in [-0.4, -0.2) is 57.4 Å². The molecule has 0 saturated heterocycles. The molecule has 3 aromatic carbocycles. The van der Waals surface area contributed by atoms with Gasteiger partial charge in [-0.05, 0) is 83.6 Å². The Hall–Kier alpha value is -5.38. The molecule has 1 unspecified atom stereocenters. The number of fused-ring (bicyclic) bond motifs is 3. The highest BCUT2D eigenvalue weighted by atomic mass is 16.6. The molecule has 240 valence electrons. The van der Waals surface area contributed by atoms with Crippen LogP contribution < -0.4 is 14.2 Å². The molecule has 0 amide bonds. The monoisotopic (exact) mass is 628 g/mol. The maximum absolute atomic E-state index is 13.0. The second-order valence-corrected chi connectivity index (χ2v) is 10.4. The zero-order valence-corrected chi connectivity index (χ0v) is 25.9. The van der Waals surface area contributed by atoms with Crippen LogP contribution in [0.3, 0.4) is 0 Å². The summed E-state index contributed by atoms with van der Waals surface area (Å²) in [6.45, 7) is 9.84. The topological polar surface area (TPSA) is 124 Å². The molecule has 0 radical (unpaired) electrons. The number of ether oxygens (including phenoxy) is 6. The first-order valence-corrected chi connectivity index (χ1v) is 14.8. The van der Waals surface area contributed by atoms with Gasteiger partial charge < -0.3 is 28.4 Å². The third-order valence-electron chi connectivity index (χ3n) is 7.25. The first-order valence-electron chi connectivity index (χ1n) is 14.8. The molecule has 46 heavy (non-hydrogen) atoms. The molecule has 0 spiro atoms. The van der Waals surface area contributed by atoms with Crippen LogP contribution in [0.15, 0.2) is 85.5 Å². The molecule has 0 aromatic heterocycles. The number of hydrogen-bond donors (Lipinski definition) is 0. The number of esters is 4. The fourth-order valence-electron chi connectivity index (χ4n) is 4.81. The Morgan fingerprint density at radius 2 is 1.39 bits per heavy atom. The highest BCUT2D eigenvalue weighted by molar-refractivity contribution is 5.94. The average Bonchev–Trinajstić information content (AvgIpc) is 3.35. The Morgan fingerprint density at radius 1 is 0.761 bits per heavy atom. The van der Waals surface area contributed by atoms with Crippen molar-refractivity contribution in [1.82, 2.24) is 0 Å². The summed E-state index contributed by atoms with van der Waals surface area (Å²) < 4.78 is 31.7. The smallest absolute Gasteiger partial charge is 0.343 e. The summed E-state index contributed by atoms with van der Waals surface area (Å²) in [7, 11) is 1.23. The molecule has 0 N–H and O–H groups in total. The summed E-state index contributed by atoms with van der Waals surface area (Å²) in [5.41, 5.74) is 4.58. The van der Waals surface area contributed by atoms with Crippen molar-refractivity contribution in [3.8, 4) is 28.4 Å². The number of benzene rings is 3. The van der Waals surface area contributed by atoms with Crippen LogP contribution >= 0.6 is 0 Å². The third kappa shape index (κ3) is 8.84. The molecule has 0 aliphatic heterocycles. The van der Waals surface area contributed by atoms with E-state index in [0.29, 0.717) is 48.9 Å². The van der Waals surface area contributed by atoms with Gasteiger partial charge in [0.1, 0.15) is 30.5 Å². The molecule has 1 atom stereocenters. The van der Waals surface area contributed by atoms with Crippen LogP contribution in [0.25, 0.3) is 11.1 Å². The van der Waals surface area contributed by atoms with Gasteiger partial charge in [0.05, 0.1) is 32.3 Å². The van der Waals surface area contributed by atoms with E-state index in [0.717, 1.165) is 28.3 Å². The van der Waals surface area contributed by atoms with Crippen molar-refractivity contribution < 1.29 is 47.6 Å². The normalized spacial score (nSPS) is 12.6. The van der Waals surface area contributed by atoms with E-state index in [-0.39, 0.29) is 31.1 Å². The molecule has 1 aliphatic carbocycles. The van der Waals surface area contributed by atoms with Gasteiger partial charge in [-0.15, -0.1) is 0 Å². The summed E-state index contributed by atoms with van der Waals surface area (Å²) in [6, 6.07) is 18.1. The molecule has 0 saturated carbocycles. The number of unbranched alkanes of at least 4 members (excludes halogenated alkanes) is 1. The van der Waals surface area contributed by atoms with Gasteiger partial charge >= 0.3 is 23.9 Å². The van der Waals surface area contributed by atoms with Gasteiger partial charge in [-0.25, -0.2) is 14.4 Å². The molecule has 0 heterocycles. The quantitative estimate of drug-likeness (QED) is 0.0616. The van der Waals surface area contributed by atoms with Crippen LogP contribution in [0.1, 0.15) is 53.6 Å². The van der Waals surface area contributed by atoms with Crippen LogP contribution in [-0.2, 0) is 28.6 Å². The summed E-state index contributed by atoms with van der Waals surface area (Å²) in [4.78, 5) is 47.3. The second-order valence-electron chi connectivity index (χ2n) is 10.4. The highest BCUT2D eigenvalue weighted by Gasteiger charge is 2.27. The van der Waals surface area contributed by atoms with E-state index in [1.54, 1.807) is 30.3 Å². The fraction of sp³-hybridized carbons (Fsp3) is 0.278. The highest BCUT2D eigenvalue weighted by Crippen LogP contribution is 2.46. The lowest BCUT2D eigenvalue weighted by Crippen LogP contribution is -2.15. The Labute approximate surface area is 267 Å². The predicted octanol–water partition coefficient (Wildman–Crippen LogP) is 5.97. The minimum Gasteiger partial charge on any atom is -0.494 e. The van der Waals surface area contributed by atoms with Crippen molar-refractivity contribution in [3.05, 3.63) is 102 Å². The number of rotatable bonds is 16. The van der Waals surface area contributed by atoms with Gasteiger partial charge in [0.25, 0.3) is 0 Å². The van der Waals surface area contributed by atoms with Crippen molar-refractivity contribution in [2.24, 2.45) is 0 Å². The second kappa shape index (κ2) is 16.1. The van der Waals surface area contributed by atoms with E-state index in [2.05, 4.69) is 24.8 Å².